The first-order chi connectivity index (χ1) is 9.31. The van der Waals surface area contributed by atoms with Gasteiger partial charge in [-0.25, -0.2) is 0 Å². The van der Waals surface area contributed by atoms with Crippen LogP contribution in [-0.2, 0) is 0 Å². The number of hydrogen-bond acceptors (Lipinski definition) is 3. The van der Waals surface area contributed by atoms with Gasteiger partial charge in [-0.15, -0.1) is 0 Å². The van der Waals surface area contributed by atoms with Gasteiger partial charge in [-0.2, -0.15) is 13.2 Å². The molecule has 1 aromatic rings. The fourth-order valence-corrected chi connectivity index (χ4v) is 2.10. The number of rotatable bonds is 6. The predicted molar refractivity (Wildman–Crippen MR) is 71.6 cm³/mol. The number of aliphatic hydroxyl groups excluding tert-OH is 1. The lowest BCUT2D eigenvalue weighted by molar-refractivity contribution is -0.0328. The Kier molecular flexibility index (Phi) is 6.35. The molecule has 7 heteroatoms. The van der Waals surface area contributed by atoms with E-state index in [-0.39, 0.29) is 28.8 Å². The molecule has 0 saturated heterocycles. The fraction of sp³-hybridized carbons (Fsp3) is 0.462. The summed E-state index contributed by atoms with van der Waals surface area (Å²) in [5.74, 6) is -0.413. The van der Waals surface area contributed by atoms with Gasteiger partial charge < -0.3 is 10.4 Å². The second-order valence-corrected chi connectivity index (χ2v) is 5.36. The molecule has 1 aromatic carbocycles. The number of alkyl halides is 3. The minimum absolute atomic E-state index is 0.0278. The molecule has 1 amide bonds. The van der Waals surface area contributed by atoms with E-state index in [0.717, 1.165) is 6.42 Å². The summed E-state index contributed by atoms with van der Waals surface area (Å²) in [6, 6.07) is 5.15. The Bertz CT molecular complexity index is 434. The molecule has 0 aliphatic heterocycles. The Hall–Kier alpha value is -1.21. The number of carbonyl (C=O) groups is 1. The molecule has 1 rings (SSSR count). The molecule has 0 aliphatic rings. The van der Waals surface area contributed by atoms with Gasteiger partial charge >= 0.3 is 5.51 Å². The first-order valence-corrected chi connectivity index (χ1v) is 6.95. The Morgan fingerprint density at radius 3 is 2.45 bits per heavy atom. The van der Waals surface area contributed by atoms with Crippen molar-refractivity contribution in [2.75, 3.05) is 6.54 Å². The van der Waals surface area contributed by atoms with Crippen LogP contribution in [0.1, 0.15) is 30.1 Å². The van der Waals surface area contributed by atoms with Crippen LogP contribution in [-0.4, -0.2) is 29.2 Å². The molecule has 0 radical (unpaired) electrons. The van der Waals surface area contributed by atoms with E-state index in [0.29, 0.717) is 6.42 Å². The number of hydrogen-bond donors (Lipinski definition) is 2. The Labute approximate surface area is 119 Å². The minimum Gasteiger partial charge on any atom is -0.391 e. The van der Waals surface area contributed by atoms with Gasteiger partial charge in [-0.05, 0) is 42.4 Å². The number of amides is 1. The summed E-state index contributed by atoms with van der Waals surface area (Å²) in [5.41, 5.74) is -4.08. The smallest absolute Gasteiger partial charge is 0.391 e. The third kappa shape index (κ3) is 6.29. The Morgan fingerprint density at radius 2 is 1.95 bits per heavy atom. The van der Waals surface area contributed by atoms with E-state index in [2.05, 4.69) is 5.32 Å². The van der Waals surface area contributed by atoms with Gasteiger partial charge in [0, 0.05) is 17.0 Å². The number of aliphatic hydroxyl groups is 1. The first kappa shape index (κ1) is 16.8. The molecule has 3 nitrogen and oxygen atoms in total. The second kappa shape index (κ2) is 7.54. The summed E-state index contributed by atoms with van der Waals surface area (Å²) in [6.45, 7) is 2.05. The third-order valence-corrected chi connectivity index (χ3v) is 3.21. The molecule has 2 N–H and O–H groups in total. The zero-order chi connectivity index (χ0) is 15.2. The standard InChI is InChI=1S/C13H16F3NO2S/c1-2-3-10(18)8-17-12(19)9-4-6-11(7-5-9)20-13(14,15)16/h4-7,10,18H,2-3,8H2,1H3,(H,17,19). The zero-order valence-corrected chi connectivity index (χ0v) is 11.7. The van der Waals surface area contributed by atoms with Gasteiger partial charge in [0.05, 0.1) is 6.10 Å². The lowest BCUT2D eigenvalue weighted by atomic mass is 10.2. The van der Waals surface area contributed by atoms with E-state index in [9.17, 15) is 23.1 Å². The van der Waals surface area contributed by atoms with Crippen molar-refractivity contribution in [1.82, 2.24) is 5.32 Å². The molecule has 1 atom stereocenters. The molecule has 0 aromatic heterocycles. The lowest BCUT2D eigenvalue weighted by Gasteiger charge is -2.11. The van der Waals surface area contributed by atoms with Crippen LogP contribution in [0, 0.1) is 0 Å². The van der Waals surface area contributed by atoms with Crippen LogP contribution in [0.4, 0.5) is 13.2 Å². The average Bonchev–Trinajstić information content (AvgIpc) is 2.35. The van der Waals surface area contributed by atoms with Crippen molar-refractivity contribution < 1.29 is 23.1 Å². The summed E-state index contributed by atoms with van der Waals surface area (Å²) >= 11 is -0.226. The number of thioether (sulfide) groups is 1. The molecular weight excluding hydrogens is 291 g/mol. The molecule has 0 bridgehead atoms. The van der Waals surface area contributed by atoms with Crippen molar-refractivity contribution in [1.29, 1.82) is 0 Å². The van der Waals surface area contributed by atoms with Crippen LogP contribution in [0.15, 0.2) is 29.2 Å². The van der Waals surface area contributed by atoms with Gasteiger partial charge in [0.25, 0.3) is 5.91 Å². The second-order valence-electron chi connectivity index (χ2n) is 4.22. The van der Waals surface area contributed by atoms with Crippen molar-refractivity contribution in [3.63, 3.8) is 0 Å². The topological polar surface area (TPSA) is 49.3 Å². The van der Waals surface area contributed by atoms with Crippen LogP contribution < -0.4 is 5.32 Å². The molecule has 0 heterocycles. The fourth-order valence-electron chi connectivity index (χ4n) is 1.56. The highest BCUT2D eigenvalue weighted by atomic mass is 32.2. The maximum Gasteiger partial charge on any atom is 0.446 e. The van der Waals surface area contributed by atoms with Crippen molar-refractivity contribution in [3.05, 3.63) is 29.8 Å². The highest BCUT2D eigenvalue weighted by Crippen LogP contribution is 2.36. The van der Waals surface area contributed by atoms with Crippen molar-refractivity contribution in [3.8, 4) is 0 Å². The van der Waals surface area contributed by atoms with E-state index < -0.39 is 17.5 Å². The monoisotopic (exact) mass is 307 g/mol. The summed E-state index contributed by atoms with van der Waals surface area (Å²) in [7, 11) is 0. The molecule has 20 heavy (non-hydrogen) atoms. The van der Waals surface area contributed by atoms with E-state index in [1.807, 2.05) is 6.92 Å². The zero-order valence-electron chi connectivity index (χ0n) is 10.9. The lowest BCUT2D eigenvalue weighted by Crippen LogP contribution is -2.31. The summed E-state index contributed by atoms with van der Waals surface area (Å²) < 4.78 is 36.4. The summed E-state index contributed by atoms with van der Waals surface area (Å²) in [6.07, 6.45) is 0.783. The van der Waals surface area contributed by atoms with Gasteiger partial charge in [0.1, 0.15) is 0 Å². The molecule has 1 unspecified atom stereocenters. The average molecular weight is 307 g/mol. The molecule has 0 spiro atoms. The minimum atomic E-state index is -4.34. The first-order valence-electron chi connectivity index (χ1n) is 6.14. The highest BCUT2D eigenvalue weighted by Gasteiger charge is 2.29. The SMILES string of the molecule is CCCC(O)CNC(=O)c1ccc(SC(F)(F)F)cc1. The number of halogens is 3. The van der Waals surface area contributed by atoms with E-state index in [1.165, 1.54) is 24.3 Å². The summed E-state index contributed by atoms with van der Waals surface area (Å²) in [4.78, 5) is 11.7. The largest absolute Gasteiger partial charge is 0.446 e. The molecule has 112 valence electrons. The number of carbonyl (C=O) groups excluding carboxylic acids is 1. The van der Waals surface area contributed by atoms with Gasteiger partial charge in [-0.1, -0.05) is 13.3 Å². The highest BCUT2D eigenvalue weighted by molar-refractivity contribution is 8.00. The molecule has 0 saturated carbocycles. The summed E-state index contributed by atoms with van der Waals surface area (Å²) in [5, 5.41) is 12.0. The van der Waals surface area contributed by atoms with Crippen LogP contribution in [0.3, 0.4) is 0 Å². The maximum absolute atomic E-state index is 12.1. The van der Waals surface area contributed by atoms with E-state index in [4.69, 9.17) is 0 Å². The molecular formula is C13H16F3NO2S. The van der Waals surface area contributed by atoms with Crippen molar-refractivity contribution in [2.24, 2.45) is 0 Å². The van der Waals surface area contributed by atoms with E-state index in [1.54, 1.807) is 0 Å². The van der Waals surface area contributed by atoms with Crippen molar-refractivity contribution >= 4 is 17.7 Å². The molecule has 0 aliphatic carbocycles. The van der Waals surface area contributed by atoms with Gasteiger partial charge in [0.15, 0.2) is 0 Å². The van der Waals surface area contributed by atoms with Crippen LogP contribution in [0.25, 0.3) is 0 Å². The van der Waals surface area contributed by atoms with Gasteiger partial charge in [0.2, 0.25) is 0 Å². The normalized spacial score (nSPS) is 13.1. The van der Waals surface area contributed by atoms with Gasteiger partial charge in [-0.3, -0.25) is 4.79 Å². The van der Waals surface area contributed by atoms with Crippen molar-refractivity contribution in [2.45, 2.75) is 36.3 Å². The van der Waals surface area contributed by atoms with Crippen LogP contribution in [0.5, 0.6) is 0 Å². The third-order valence-electron chi connectivity index (χ3n) is 2.47. The number of benzene rings is 1. The Morgan fingerprint density at radius 1 is 1.35 bits per heavy atom. The van der Waals surface area contributed by atoms with E-state index >= 15 is 0 Å². The quantitative estimate of drug-likeness (QED) is 0.794. The van der Waals surface area contributed by atoms with Crippen LogP contribution >= 0.6 is 11.8 Å². The maximum atomic E-state index is 12.1. The number of nitrogens with one attached hydrogen (secondary N) is 1. The Balaban J connectivity index is 2.53. The molecule has 0 fully saturated rings. The van der Waals surface area contributed by atoms with Crippen LogP contribution in [0.2, 0.25) is 0 Å². The predicted octanol–water partition coefficient (Wildman–Crippen LogP) is 3.19.